The number of piperidine rings is 1. The molecule has 140 valence electrons. The van der Waals surface area contributed by atoms with Crippen LogP contribution in [0.25, 0.3) is 0 Å². The number of ether oxygens (including phenoxy) is 2. The SMILES string of the molecule is CC1CCCCC1OCC(=O)N1CCC(Oc2ccc(C#N)cc2)CC1. The van der Waals surface area contributed by atoms with E-state index in [0.29, 0.717) is 24.6 Å². The molecule has 2 fully saturated rings. The summed E-state index contributed by atoms with van der Waals surface area (Å²) in [4.78, 5) is 14.3. The predicted octanol–water partition coefficient (Wildman–Crippen LogP) is 3.52. The van der Waals surface area contributed by atoms with E-state index in [1.807, 2.05) is 17.0 Å². The Hall–Kier alpha value is -2.06. The fourth-order valence-corrected chi connectivity index (χ4v) is 3.82. The minimum atomic E-state index is 0.0968. The van der Waals surface area contributed by atoms with Crippen LogP contribution in [0.1, 0.15) is 51.0 Å². The van der Waals surface area contributed by atoms with Gasteiger partial charge >= 0.3 is 0 Å². The highest BCUT2D eigenvalue weighted by molar-refractivity contribution is 5.77. The Bertz CT molecular complexity index is 630. The number of hydrogen-bond acceptors (Lipinski definition) is 4. The molecular formula is C21H28N2O3. The lowest BCUT2D eigenvalue weighted by atomic mass is 9.88. The van der Waals surface area contributed by atoms with Crippen LogP contribution in [0, 0.1) is 17.2 Å². The van der Waals surface area contributed by atoms with Crippen LogP contribution in [-0.4, -0.2) is 42.7 Å². The van der Waals surface area contributed by atoms with E-state index in [9.17, 15) is 4.79 Å². The lowest BCUT2D eigenvalue weighted by molar-refractivity contribution is -0.141. The third-order valence-corrected chi connectivity index (χ3v) is 5.53. The first-order valence-corrected chi connectivity index (χ1v) is 9.72. The topological polar surface area (TPSA) is 62.6 Å². The van der Waals surface area contributed by atoms with Gasteiger partial charge in [-0.15, -0.1) is 0 Å². The van der Waals surface area contributed by atoms with E-state index in [4.69, 9.17) is 14.7 Å². The van der Waals surface area contributed by atoms with Crippen LogP contribution in [0.4, 0.5) is 0 Å². The zero-order valence-corrected chi connectivity index (χ0v) is 15.5. The van der Waals surface area contributed by atoms with Crippen LogP contribution < -0.4 is 4.74 Å². The van der Waals surface area contributed by atoms with E-state index in [2.05, 4.69) is 13.0 Å². The van der Waals surface area contributed by atoms with Crippen molar-refractivity contribution in [3.8, 4) is 11.8 Å². The van der Waals surface area contributed by atoms with Crippen molar-refractivity contribution in [3.63, 3.8) is 0 Å². The van der Waals surface area contributed by atoms with E-state index < -0.39 is 0 Å². The maximum Gasteiger partial charge on any atom is 0.248 e. The molecule has 3 rings (SSSR count). The molecule has 0 aromatic heterocycles. The molecule has 26 heavy (non-hydrogen) atoms. The summed E-state index contributed by atoms with van der Waals surface area (Å²) < 4.78 is 11.9. The molecule has 0 radical (unpaired) electrons. The standard InChI is InChI=1S/C21H28N2O3/c1-16-4-2-3-5-20(16)25-15-21(24)23-12-10-19(11-13-23)26-18-8-6-17(14-22)7-9-18/h6-9,16,19-20H,2-5,10-13,15H2,1H3. The molecule has 1 aliphatic heterocycles. The number of nitrogens with zero attached hydrogens (tertiary/aromatic N) is 2. The Kier molecular flexibility index (Phi) is 6.51. The molecule has 1 aliphatic carbocycles. The zero-order chi connectivity index (χ0) is 18.4. The van der Waals surface area contributed by atoms with Gasteiger partial charge in [0.1, 0.15) is 18.5 Å². The highest BCUT2D eigenvalue weighted by Gasteiger charge is 2.26. The fourth-order valence-electron chi connectivity index (χ4n) is 3.82. The van der Waals surface area contributed by atoms with Gasteiger partial charge in [0.2, 0.25) is 5.91 Å². The average Bonchev–Trinajstić information content (AvgIpc) is 2.68. The van der Waals surface area contributed by atoms with Crippen LogP contribution in [0.15, 0.2) is 24.3 Å². The summed E-state index contributed by atoms with van der Waals surface area (Å²) in [6, 6.07) is 9.28. The molecular weight excluding hydrogens is 328 g/mol. The first-order valence-electron chi connectivity index (χ1n) is 9.72. The van der Waals surface area contributed by atoms with Gasteiger partial charge in [-0.2, -0.15) is 5.26 Å². The van der Waals surface area contributed by atoms with Gasteiger partial charge in [0, 0.05) is 25.9 Å². The summed E-state index contributed by atoms with van der Waals surface area (Å²) in [7, 11) is 0. The molecule has 0 bridgehead atoms. The molecule has 0 N–H and O–H groups in total. The second-order valence-corrected chi connectivity index (χ2v) is 7.45. The van der Waals surface area contributed by atoms with Crippen molar-refractivity contribution in [3.05, 3.63) is 29.8 Å². The van der Waals surface area contributed by atoms with Crippen molar-refractivity contribution >= 4 is 5.91 Å². The smallest absolute Gasteiger partial charge is 0.248 e. The van der Waals surface area contributed by atoms with Crippen molar-refractivity contribution in [2.45, 2.75) is 57.7 Å². The van der Waals surface area contributed by atoms with Gasteiger partial charge in [-0.3, -0.25) is 4.79 Å². The lowest BCUT2D eigenvalue weighted by Crippen LogP contribution is -2.44. The summed E-state index contributed by atoms with van der Waals surface area (Å²) in [5, 5.41) is 8.83. The van der Waals surface area contributed by atoms with Gasteiger partial charge in [-0.05, 0) is 43.0 Å². The molecule has 2 aliphatic rings. The number of amides is 1. The number of rotatable bonds is 5. The first kappa shape index (κ1) is 18.7. The number of hydrogen-bond donors (Lipinski definition) is 0. The van der Waals surface area contributed by atoms with Crippen molar-refractivity contribution in [2.75, 3.05) is 19.7 Å². The van der Waals surface area contributed by atoms with Gasteiger partial charge in [0.05, 0.1) is 17.7 Å². The van der Waals surface area contributed by atoms with E-state index in [1.165, 1.54) is 19.3 Å². The Morgan fingerprint density at radius 3 is 2.50 bits per heavy atom. The summed E-state index contributed by atoms with van der Waals surface area (Å²) in [6.07, 6.45) is 6.78. The lowest BCUT2D eigenvalue weighted by Gasteiger charge is -2.33. The van der Waals surface area contributed by atoms with Gasteiger partial charge in [-0.1, -0.05) is 19.8 Å². The third kappa shape index (κ3) is 4.98. The van der Waals surface area contributed by atoms with Gasteiger partial charge < -0.3 is 14.4 Å². The van der Waals surface area contributed by atoms with Crippen LogP contribution in [0.5, 0.6) is 5.75 Å². The minimum absolute atomic E-state index is 0.0968. The molecule has 1 saturated heterocycles. The molecule has 2 atom stereocenters. The number of likely N-dealkylation sites (tertiary alicyclic amines) is 1. The van der Waals surface area contributed by atoms with Crippen LogP contribution in [0.3, 0.4) is 0 Å². The van der Waals surface area contributed by atoms with Crippen LogP contribution in [0.2, 0.25) is 0 Å². The third-order valence-electron chi connectivity index (χ3n) is 5.53. The zero-order valence-electron chi connectivity index (χ0n) is 15.5. The minimum Gasteiger partial charge on any atom is -0.490 e. The number of carbonyl (C=O) groups is 1. The maximum absolute atomic E-state index is 12.4. The van der Waals surface area contributed by atoms with E-state index >= 15 is 0 Å². The second-order valence-electron chi connectivity index (χ2n) is 7.45. The van der Waals surface area contributed by atoms with Crippen LogP contribution in [-0.2, 0) is 9.53 Å². The Balaban J connectivity index is 1.39. The fraction of sp³-hybridized carbons (Fsp3) is 0.619. The van der Waals surface area contributed by atoms with Crippen molar-refractivity contribution in [2.24, 2.45) is 5.92 Å². The van der Waals surface area contributed by atoms with E-state index in [-0.39, 0.29) is 24.7 Å². The second kappa shape index (κ2) is 9.05. The molecule has 1 heterocycles. The Morgan fingerprint density at radius 2 is 1.85 bits per heavy atom. The highest BCUT2D eigenvalue weighted by Crippen LogP contribution is 2.26. The summed E-state index contributed by atoms with van der Waals surface area (Å²) in [6.45, 7) is 3.85. The number of benzene rings is 1. The molecule has 2 unspecified atom stereocenters. The molecule has 5 heteroatoms. The molecule has 1 amide bonds. The van der Waals surface area contributed by atoms with Crippen molar-refractivity contribution in [1.82, 2.24) is 4.90 Å². The number of carbonyl (C=O) groups excluding carboxylic acids is 1. The van der Waals surface area contributed by atoms with Crippen molar-refractivity contribution in [1.29, 1.82) is 5.26 Å². The summed E-state index contributed by atoms with van der Waals surface area (Å²) in [5.41, 5.74) is 0.630. The molecule has 1 aromatic rings. The molecule has 0 spiro atoms. The van der Waals surface area contributed by atoms with Gasteiger partial charge in [-0.25, -0.2) is 0 Å². The van der Waals surface area contributed by atoms with E-state index in [0.717, 1.165) is 25.0 Å². The van der Waals surface area contributed by atoms with Gasteiger partial charge in [0.15, 0.2) is 0 Å². The van der Waals surface area contributed by atoms with E-state index in [1.54, 1.807) is 12.1 Å². The first-order chi connectivity index (χ1) is 12.7. The Morgan fingerprint density at radius 1 is 1.15 bits per heavy atom. The largest absolute Gasteiger partial charge is 0.490 e. The monoisotopic (exact) mass is 356 g/mol. The molecule has 5 nitrogen and oxygen atoms in total. The molecule has 1 aromatic carbocycles. The average molecular weight is 356 g/mol. The quantitative estimate of drug-likeness (QED) is 0.810. The van der Waals surface area contributed by atoms with Crippen LogP contribution >= 0.6 is 0 Å². The van der Waals surface area contributed by atoms with Gasteiger partial charge in [0.25, 0.3) is 0 Å². The highest BCUT2D eigenvalue weighted by atomic mass is 16.5. The Labute approximate surface area is 155 Å². The number of nitriles is 1. The normalized spacial score (nSPS) is 24.1. The summed E-state index contributed by atoms with van der Waals surface area (Å²) in [5.74, 6) is 1.44. The summed E-state index contributed by atoms with van der Waals surface area (Å²) >= 11 is 0. The predicted molar refractivity (Wildman–Crippen MR) is 98.8 cm³/mol. The molecule has 1 saturated carbocycles. The maximum atomic E-state index is 12.4. The van der Waals surface area contributed by atoms with Crippen molar-refractivity contribution < 1.29 is 14.3 Å².